The molecule has 0 saturated heterocycles. The van der Waals surface area contributed by atoms with Gasteiger partial charge in [0, 0.05) is 12.1 Å². The summed E-state index contributed by atoms with van der Waals surface area (Å²) in [7, 11) is 0. The van der Waals surface area contributed by atoms with Crippen molar-refractivity contribution in [1.82, 2.24) is 5.32 Å². The zero-order valence-corrected chi connectivity index (χ0v) is 11.1. The summed E-state index contributed by atoms with van der Waals surface area (Å²) in [5, 5.41) is 3.80. The van der Waals surface area contributed by atoms with Crippen LogP contribution in [0.1, 0.15) is 66.2 Å². The van der Waals surface area contributed by atoms with Crippen LogP contribution in [0.2, 0.25) is 0 Å². The average Bonchev–Trinajstić information content (AvgIpc) is 3.00. The lowest BCUT2D eigenvalue weighted by Gasteiger charge is -2.24. The molecule has 0 aromatic carbocycles. The monoisotopic (exact) mass is 211 g/mol. The molecule has 90 valence electrons. The molecule has 1 N–H and O–H groups in total. The van der Waals surface area contributed by atoms with Gasteiger partial charge in [-0.25, -0.2) is 0 Å². The molecule has 1 heteroatoms. The lowest BCUT2D eigenvalue weighted by Crippen LogP contribution is -2.37. The fourth-order valence-electron chi connectivity index (χ4n) is 2.33. The Morgan fingerprint density at radius 1 is 1.13 bits per heavy atom. The van der Waals surface area contributed by atoms with E-state index in [1.54, 1.807) is 0 Å². The van der Waals surface area contributed by atoms with Crippen molar-refractivity contribution in [3.8, 4) is 0 Å². The molecular formula is C14H29N. The Morgan fingerprint density at radius 2 is 1.80 bits per heavy atom. The summed E-state index contributed by atoms with van der Waals surface area (Å²) in [6.07, 6.45) is 8.30. The maximum atomic E-state index is 3.80. The maximum absolute atomic E-state index is 3.80. The summed E-state index contributed by atoms with van der Waals surface area (Å²) in [5.74, 6) is 1.92. The lowest BCUT2D eigenvalue weighted by atomic mass is 9.97. The first kappa shape index (κ1) is 13.0. The second-order valence-corrected chi connectivity index (χ2v) is 5.60. The van der Waals surface area contributed by atoms with Gasteiger partial charge in [-0.2, -0.15) is 0 Å². The molecule has 0 aromatic heterocycles. The van der Waals surface area contributed by atoms with Crippen LogP contribution in [0.15, 0.2) is 0 Å². The van der Waals surface area contributed by atoms with Crippen molar-refractivity contribution in [2.24, 2.45) is 11.8 Å². The van der Waals surface area contributed by atoms with Crippen LogP contribution in [0, 0.1) is 11.8 Å². The lowest BCUT2D eigenvalue weighted by molar-refractivity contribution is 0.342. The van der Waals surface area contributed by atoms with Crippen LogP contribution < -0.4 is 5.32 Å². The molecule has 1 nitrogen and oxygen atoms in total. The molecule has 0 bridgehead atoms. The zero-order valence-electron chi connectivity index (χ0n) is 11.1. The summed E-state index contributed by atoms with van der Waals surface area (Å²) < 4.78 is 0. The first-order valence-electron chi connectivity index (χ1n) is 6.91. The Labute approximate surface area is 96.0 Å². The quantitative estimate of drug-likeness (QED) is 0.640. The molecule has 1 fully saturated rings. The molecule has 0 aromatic rings. The number of hydrogen-bond acceptors (Lipinski definition) is 1. The van der Waals surface area contributed by atoms with Crippen LogP contribution in [0.25, 0.3) is 0 Å². The first-order valence-corrected chi connectivity index (χ1v) is 6.91. The molecule has 3 atom stereocenters. The van der Waals surface area contributed by atoms with Crippen molar-refractivity contribution in [2.75, 3.05) is 0 Å². The molecule has 1 saturated carbocycles. The van der Waals surface area contributed by atoms with Gasteiger partial charge in [0.25, 0.3) is 0 Å². The minimum Gasteiger partial charge on any atom is -0.311 e. The highest BCUT2D eigenvalue weighted by Gasteiger charge is 2.24. The van der Waals surface area contributed by atoms with Gasteiger partial charge in [0.05, 0.1) is 0 Å². The Hall–Kier alpha value is -0.0400. The van der Waals surface area contributed by atoms with Gasteiger partial charge in [0.15, 0.2) is 0 Å². The van der Waals surface area contributed by atoms with Crippen molar-refractivity contribution in [3.63, 3.8) is 0 Å². The number of rotatable bonds is 8. The van der Waals surface area contributed by atoms with Gasteiger partial charge >= 0.3 is 0 Å². The molecule has 0 amide bonds. The van der Waals surface area contributed by atoms with E-state index in [-0.39, 0.29) is 0 Å². The Morgan fingerprint density at radius 3 is 2.27 bits per heavy atom. The minimum absolute atomic E-state index is 0.728. The fraction of sp³-hybridized carbons (Fsp3) is 1.00. The Bertz CT molecular complexity index is 163. The van der Waals surface area contributed by atoms with Gasteiger partial charge in [-0.1, -0.05) is 40.0 Å². The maximum Gasteiger partial charge on any atom is 0.00694 e. The van der Waals surface area contributed by atoms with Crippen LogP contribution in [0.4, 0.5) is 0 Å². The summed E-state index contributed by atoms with van der Waals surface area (Å²) in [5.41, 5.74) is 0. The fourth-order valence-corrected chi connectivity index (χ4v) is 2.33. The largest absolute Gasteiger partial charge is 0.311 e. The second-order valence-electron chi connectivity index (χ2n) is 5.60. The third-order valence-corrected chi connectivity index (χ3v) is 3.78. The van der Waals surface area contributed by atoms with Gasteiger partial charge in [-0.3, -0.25) is 0 Å². The van der Waals surface area contributed by atoms with E-state index in [2.05, 4.69) is 33.0 Å². The van der Waals surface area contributed by atoms with Crippen molar-refractivity contribution in [1.29, 1.82) is 0 Å². The normalized spacial score (nSPS) is 22.4. The summed E-state index contributed by atoms with van der Waals surface area (Å²) in [6.45, 7) is 9.34. The highest BCUT2D eigenvalue weighted by molar-refractivity contribution is 4.80. The van der Waals surface area contributed by atoms with E-state index in [1.807, 2.05) is 0 Å². The van der Waals surface area contributed by atoms with E-state index >= 15 is 0 Å². The van der Waals surface area contributed by atoms with E-state index in [0.717, 1.165) is 23.9 Å². The van der Waals surface area contributed by atoms with Gasteiger partial charge in [-0.15, -0.1) is 0 Å². The molecule has 1 aliphatic rings. The Balaban J connectivity index is 2.18. The third kappa shape index (κ3) is 5.55. The smallest absolute Gasteiger partial charge is 0.00694 e. The zero-order chi connectivity index (χ0) is 11.3. The summed E-state index contributed by atoms with van der Waals surface area (Å²) >= 11 is 0. The predicted octanol–water partition coefficient (Wildman–Crippen LogP) is 3.98. The first-order chi connectivity index (χ1) is 7.15. The van der Waals surface area contributed by atoms with Crippen LogP contribution >= 0.6 is 0 Å². The van der Waals surface area contributed by atoms with Crippen LogP contribution in [-0.4, -0.2) is 12.1 Å². The van der Waals surface area contributed by atoms with E-state index in [0.29, 0.717) is 0 Å². The molecule has 1 aliphatic carbocycles. The Kier molecular flexibility index (Phi) is 5.66. The van der Waals surface area contributed by atoms with E-state index in [4.69, 9.17) is 0 Å². The van der Waals surface area contributed by atoms with E-state index in [9.17, 15) is 0 Å². The molecular weight excluding hydrogens is 182 g/mol. The van der Waals surface area contributed by atoms with Crippen LogP contribution in [0.3, 0.4) is 0 Å². The summed E-state index contributed by atoms with van der Waals surface area (Å²) in [4.78, 5) is 0. The molecule has 0 aliphatic heterocycles. The molecule has 0 radical (unpaired) electrons. The van der Waals surface area contributed by atoms with Crippen molar-refractivity contribution in [3.05, 3.63) is 0 Å². The number of hydrogen-bond donors (Lipinski definition) is 1. The van der Waals surface area contributed by atoms with Crippen LogP contribution in [0.5, 0.6) is 0 Å². The van der Waals surface area contributed by atoms with Gasteiger partial charge in [0.2, 0.25) is 0 Å². The highest BCUT2D eigenvalue weighted by Crippen LogP contribution is 2.33. The van der Waals surface area contributed by atoms with Crippen molar-refractivity contribution >= 4 is 0 Å². The average molecular weight is 211 g/mol. The van der Waals surface area contributed by atoms with E-state index < -0.39 is 0 Å². The predicted molar refractivity (Wildman–Crippen MR) is 68.1 cm³/mol. The summed E-state index contributed by atoms with van der Waals surface area (Å²) in [6, 6.07) is 1.47. The molecule has 1 rings (SSSR count). The van der Waals surface area contributed by atoms with E-state index in [1.165, 1.54) is 38.5 Å². The second kappa shape index (κ2) is 6.52. The van der Waals surface area contributed by atoms with Gasteiger partial charge in [0.1, 0.15) is 0 Å². The topological polar surface area (TPSA) is 12.0 Å². The molecule has 3 unspecified atom stereocenters. The molecule has 0 heterocycles. The molecule has 0 spiro atoms. The van der Waals surface area contributed by atoms with Gasteiger partial charge in [-0.05, 0) is 38.0 Å². The minimum atomic E-state index is 0.728. The standard InChI is InChI=1S/C14H29N/c1-5-11(3)9-14(6-2)15-12(4)10-13-7-8-13/h11-15H,5-10H2,1-4H3. The third-order valence-electron chi connectivity index (χ3n) is 3.78. The van der Waals surface area contributed by atoms with Crippen LogP contribution in [-0.2, 0) is 0 Å². The van der Waals surface area contributed by atoms with Crippen molar-refractivity contribution in [2.45, 2.75) is 78.3 Å². The molecule has 15 heavy (non-hydrogen) atoms. The SMILES string of the molecule is CCC(C)CC(CC)NC(C)CC1CC1. The number of nitrogens with one attached hydrogen (secondary N) is 1. The van der Waals surface area contributed by atoms with Crippen molar-refractivity contribution < 1.29 is 0 Å². The van der Waals surface area contributed by atoms with Gasteiger partial charge < -0.3 is 5.32 Å². The highest BCUT2D eigenvalue weighted by atomic mass is 14.9.